The number of rotatable bonds is 5. The van der Waals surface area contributed by atoms with E-state index >= 15 is 0 Å². The fourth-order valence-corrected chi connectivity index (χ4v) is 2.16. The van der Waals surface area contributed by atoms with E-state index in [4.69, 9.17) is 0 Å². The van der Waals surface area contributed by atoms with E-state index in [1.807, 2.05) is 11.3 Å². The quantitative estimate of drug-likeness (QED) is 0.716. The van der Waals surface area contributed by atoms with Crippen molar-refractivity contribution in [3.05, 3.63) is 21.9 Å². The molecular formula is C11H19NS. The molecule has 1 rings (SSSR count). The van der Waals surface area contributed by atoms with Crippen LogP contribution < -0.4 is 5.32 Å². The van der Waals surface area contributed by atoms with Crippen LogP contribution in [0.4, 0.5) is 0 Å². The van der Waals surface area contributed by atoms with Crippen LogP contribution in [0.1, 0.15) is 24.3 Å². The lowest BCUT2D eigenvalue weighted by Crippen LogP contribution is -2.21. The highest BCUT2D eigenvalue weighted by Gasteiger charge is 1.99. The van der Waals surface area contributed by atoms with Crippen molar-refractivity contribution >= 4 is 11.3 Å². The van der Waals surface area contributed by atoms with Crippen LogP contribution in [0.25, 0.3) is 0 Å². The molecule has 0 aliphatic heterocycles. The predicted octanol–water partition coefficient (Wildman–Crippen LogP) is 2.84. The monoisotopic (exact) mass is 197 g/mol. The average Bonchev–Trinajstić information content (AvgIpc) is 2.45. The maximum atomic E-state index is 3.46. The lowest BCUT2D eigenvalue weighted by atomic mass is 10.2. The molecule has 0 saturated carbocycles. The van der Waals surface area contributed by atoms with Gasteiger partial charge in [0.2, 0.25) is 0 Å². The van der Waals surface area contributed by atoms with Crippen LogP contribution >= 0.6 is 11.3 Å². The average molecular weight is 197 g/mol. The summed E-state index contributed by atoms with van der Waals surface area (Å²) in [6, 6.07) is 2.20. The zero-order valence-electron chi connectivity index (χ0n) is 8.76. The van der Waals surface area contributed by atoms with Crippen LogP contribution in [0.15, 0.2) is 11.4 Å². The summed E-state index contributed by atoms with van der Waals surface area (Å²) in [4.78, 5) is 1.52. The first-order chi connectivity index (χ1) is 6.20. The van der Waals surface area contributed by atoms with Crippen molar-refractivity contribution < 1.29 is 0 Å². The van der Waals surface area contributed by atoms with Crippen LogP contribution in [0.5, 0.6) is 0 Å². The highest BCUT2D eigenvalue weighted by molar-refractivity contribution is 7.10. The summed E-state index contributed by atoms with van der Waals surface area (Å²) >= 11 is 1.87. The molecule has 0 amide bonds. The molecule has 13 heavy (non-hydrogen) atoms. The highest BCUT2D eigenvalue weighted by Crippen LogP contribution is 2.15. The largest absolute Gasteiger partial charge is 0.316 e. The third-order valence-electron chi connectivity index (χ3n) is 2.05. The molecule has 0 unspecified atom stereocenters. The Kier molecular flexibility index (Phi) is 4.46. The summed E-state index contributed by atoms with van der Waals surface area (Å²) in [6.45, 7) is 8.91. The fraction of sp³-hybridized carbons (Fsp3) is 0.636. The van der Waals surface area contributed by atoms with Crippen LogP contribution in [0, 0.1) is 12.8 Å². The lowest BCUT2D eigenvalue weighted by molar-refractivity contribution is 0.555. The van der Waals surface area contributed by atoms with E-state index in [-0.39, 0.29) is 0 Å². The van der Waals surface area contributed by atoms with Gasteiger partial charge in [0.25, 0.3) is 0 Å². The number of aryl methyl sites for hydroxylation is 1. The Morgan fingerprint density at radius 1 is 1.46 bits per heavy atom. The Hall–Kier alpha value is -0.340. The summed E-state index contributed by atoms with van der Waals surface area (Å²) in [5.74, 6) is 0.754. The van der Waals surface area contributed by atoms with Crippen LogP contribution in [-0.4, -0.2) is 13.1 Å². The summed E-state index contributed by atoms with van der Waals surface area (Å²) in [6.07, 6.45) is 1.18. The molecule has 0 aliphatic rings. The van der Waals surface area contributed by atoms with Gasteiger partial charge in [0, 0.05) is 4.88 Å². The van der Waals surface area contributed by atoms with E-state index in [1.54, 1.807) is 0 Å². The van der Waals surface area contributed by atoms with Gasteiger partial charge < -0.3 is 5.32 Å². The highest BCUT2D eigenvalue weighted by atomic mass is 32.1. The van der Waals surface area contributed by atoms with Gasteiger partial charge in [-0.25, -0.2) is 0 Å². The van der Waals surface area contributed by atoms with Crippen molar-refractivity contribution in [1.82, 2.24) is 5.32 Å². The number of thiophene rings is 1. The molecule has 0 atom stereocenters. The molecule has 74 valence electrons. The summed E-state index contributed by atoms with van der Waals surface area (Å²) < 4.78 is 0. The minimum Gasteiger partial charge on any atom is -0.316 e. The Labute approximate surface area is 85.2 Å². The number of hydrogen-bond donors (Lipinski definition) is 1. The Balaban J connectivity index is 2.17. The van der Waals surface area contributed by atoms with Crippen molar-refractivity contribution in [3.8, 4) is 0 Å². The van der Waals surface area contributed by atoms with Crippen LogP contribution in [0.3, 0.4) is 0 Å². The van der Waals surface area contributed by atoms with Gasteiger partial charge in [0.05, 0.1) is 0 Å². The summed E-state index contributed by atoms with van der Waals surface area (Å²) in [5.41, 5.74) is 1.44. The third kappa shape index (κ3) is 3.92. The minimum absolute atomic E-state index is 0.754. The summed E-state index contributed by atoms with van der Waals surface area (Å²) in [7, 11) is 0. The molecule has 1 aromatic heterocycles. The molecule has 1 heterocycles. The molecule has 0 spiro atoms. The molecule has 1 nitrogen and oxygen atoms in total. The van der Waals surface area contributed by atoms with Gasteiger partial charge in [-0.3, -0.25) is 0 Å². The first kappa shape index (κ1) is 10.7. The second kappa shape index (κ2) is 5.40. The molecule has 0 aliphatic carbocycles. The molecule has 0 aromatic carbocycles. The van der Waals surface area contributed by atoms with Gasteiger partial charge in [-0.1, -0.05) is 13.8 Å². The Bertz CT molecular complexity index is 240. The van der Waals surface area contributed by atoms with Gasteiger partial charge in [0.1, 0.15) is 0 Å². The molecule has 0 bridgehead atoms. The van der Waals surface area contributed by atoms with Crippen molar-refractivity contribution in [2.45, 2.75) is 27.2 Å². The van der Waals surface area contributed by atoms with Gasteiger partial charge >= 0.3 is 0 Å². The number of nitrogens with one attached hydrogen (secondary N) is 1. The normalized spacial score (nSPS) is 11.1. The first-order valence-corrected chi connectivity index (χ1v) is 5.82. The van der Waals surface area contributed by atoms with Crippen molar-refractivity contribution in [3.63, 3.8) is 0 Å². The molecule has 1 N–H and O–H groups in total. The topological polar surface area (TPSA) is 12.0 Å². The molecule has 1 aromatic rings. The fourth-order valence-electron chi connectivity index (χ4n) is 1.25. The van der Waals surface area contributed by atoms with Gasteiger partial charge in [-0.2, -0.15) is 0 Å². The van der Waals surface area contributed by atoms with Crippen molar-refractivity contribution in [2.24, 2.45) is 5.92 Å². The van der Waals surface area contributed by atoms with E-state index in [0.717, 1.165) is 19.0 Å². The van der Waals surface area contributed by atoms with E-state index < -0.39 is 0 Å². The van der Waals surface area contributed by atoms with Crippen LogP contribution in [-0.2, 0) is 6.42 Å². The standard InChI is InChI=1S/C11H19NS/c1-9(2)8-12-6-4-11-10(3)5-7-13-11/h5,7,9,12H,4,6,8H2,1-3H3. The zero-order valence-corrected chi connectivity index (χ0v) is 9.58. The second-order valence-electron chi connectivity index (χ2n) is 3.87. The molecular weight excluding hydrogens is 178 g/mol. The predicted molar refractivity (Wildman–Crippen MR) is 60.5 cm³/mol. The molecule has 0 fully saturated rings. The SMILES string of the molecule is Cc1ccsc1CCNCC(C)C. The minimum atomic E-state index is 0.754. The molecule has 2 heteroatoms. The first-order valence-electron chi connectivity index (χ1n) is 4.94. The maximum absolute atomic E-state index is 3.46. The van der Waals surface area contributed by atoms with Crippen LogP contribution in [0.2, 0.25) is 0 Å². The van der Waals surface area contributed by atoms with E-state index in [9.17, 15) is 0 Å². The Morgan fingerprint density at radius 2 is 2.23 bits per heavy atom. The van der Waals surface area contributed by atoms with Gasteiger partial charge in [-0.15, -0.1) is 11.3 Å². The lowest BCUT2D eigenvalue weighted by Gasteiger charge is -2.06. The summed E-state index contributed by atoms with van der Waals surface area (Å²) in [5, 5.41) is 5.63. The van der Waals surface area contributed by atoms with Gasteiger partial charge in [-0.05, 0) is 49.4 Å². The van der Waals surface area contributed by atoms with E-state index in [0.29, 0.717) is 0 Å². The third-order valence-corrected chi connectivity index (χ3v) is 3.13. The van der Waals surface area contributed by atoms with Crippen molar-refractivity contribution in [1.29, 1.82) is 0 Å². The molecule has 0 radical (unpaired) electrons. The molecule has 0 saturated heterocycles. The van der Waals surface area contributed by atoms with E-state index in [1.165, 1.54) is 16.9 Å². The van der Waals surface area contributed by atoms with Gasteiger partial charge in [0.15, 0.2) is 0 Å². The van der Waals surface area contributed by atoms with Crippen molar-refractivity contribution in [2.75, 3.05) is 13.1 Å². The zero-order chi connectivity index (χ0) is 9.68. The second-order valence-corrected chi connectivity index (χ2v) is 4.88. The Morgan fingerprint density at radius 3 is 2.77 bits per heavy atom. The number of hydrogen-bond acceptors (Lipinski definition) is 2. The smallest absolute Gasteiger partial charge is 0.00870 e. The van der Waals surface area contributed by atoms with E-state index in [2.05, 4.69) is 37.5 Å². The maximum Gasteiger partial charge on any atom is 0.00870 e.